The summed E-state index contributed by atoms with van der Waals surface area (Å²) in [6.45, 7) is 1.36. The zero-order valence-corrected chi connectivity index (χ0v) is 27.2. The lowest BCUT2D eigenvalue weighted by Crippen LogP contribution is -3.00. The molecule has 6 nitrogen and oxygen atoms in total. The Hall–Kier alpha value is -2.62. The summed E-state index contributed by atoms with van der Waals surface area (Å²) in [5, 5.41) is 3.65. The molecule has 0 spiro atoms. The van der Waals surface area contributed by atoms with Gasteiger partial charge in [-0.2, -0.15) is 0 Å². The highest BCUT2D eigenvalue weighted by atomic mass is 127. The van der Waals surface area contributed by atoms with Crippen LogP contribution in [0.4, 0.5) is 0 Å². The number of hydrogen-bond acceptors (Lipinski definition) is 4. The maximum Gasteiger partial charge on any atom is 0.343 e. The first-order chi connectivity index (χ1) is 19.2. The third-order valence-corrected chi connectivity index (χ3v) is 6.98. The highest BCUT2D eigenvalue weighted by molar-refractivity contribution is 6.30. The number of quaternary nitrogens is 1. The second kappa shape index (κ2) is 18.0. The van der Waals surface area contributed by atoms with E-state index in [1.165, 1.54) is 5.56 Å². The van der Waals surface area contributed by atoms with Gasteiger partial charge in [0.25, 0.3) is 5.91 Å². The standard InChI is InChI=1S/C33H41ClN2O4.HI/c1-36(2,3)31(24-26-14-9-8-10-15-26)32(37)35-22-11-6-4-5-7-12-23-39-29-18-20-30(21-19-29)40-33(38)27-16-13-17-28(34)25-27;/h8-10,13-21,25,31H,4-7,11-12,22-24H2,1-3H3;1H. The number of carbonyl (C=O) groups excluding carboxylic acids is 2. The number of nitrogens with one attached hydrogen (secondary N) is 1. The minimum atomic E-state index is -0.449. The number of unbranched alkanes of at least 4 members (excludes halogenated alkanes) is 5. The summed E-state index contributed by atoms with van der Waals surface area (Å²) in [6.07, 6.45) is 7.20. The molecular weight excluding hydrogens is 651 g/mol. The van der Waals surface area contributed by atoms with Crippen LogP contribution < -0.4 is 38.8 Å². The first-order valence-electron chi connectivity index (χ1n) is 14.1. The van der Waals surface area contributed by atoms with Gasteiger partial charge in [-0.3, -0.25) is 4.79 Å². The number of ether oxygens (including phenoxy) is 2. The lowest BCUT2D eigenvalue weighted by atomic mass is 10.0. The summed E-state index contributed by atoms with van der Waals surface area (Å²) in [5.74, 6) is 0.881. The Morgan fingerprint density at radius 3 is 2.10 bits per heavy atom. The highest BCUT2D eigenvalue weighted by Gasteiger charge is 2.31. The first kappa shape index (κ1) is 34.6. The van der Waals surface area contributed by atoms with Crippen molar-refractivity contribution >= 4 is 23.5 Å². The Morgan fingerprint density at radius 1 is 0.805 bits per heavy atom. The molecule has 41 heavy (non-hydrogen) atoms. The van der Waals surface area contributed by atoms with Gasteiger partial charge < -0.3 is 43.3 Å². The number of halogens is 2. The number of benzene rings is 3. The van der Waals surface area contributed by atoms with Crippen molar-refractivity contribution in [3.63, 3.8) is 0 Å². The van der Waals surface area contributed by atoms with Gasteiger partial charge >= 0.3 is 5.97 Å². The second-order valence-electron chi connectivity index (χ2n) is 11.0. The van der Waals surface area contributed by atoms with Crippen molar-refractivity contribution in [1.82, 2.24) is 5.32 Å². The van der Waals surface area contributed by atoms with Crippen LogP contribution in [0.1, 0.15) is 54.4 Å². The van der Waals surface area contributed by atoms with Gasteiger partial charge in [-0.05, 0) is 60.9 Å². The quantitative estimate of drug-likeness (QED) is 0.0818. The predicted octanol–water partition coefficient (Wildman–Crippen LogP) is 3.72. The molecule has 3 aromatic carbocycles. The molecule has 3 rings (SSSR count). The van der Waals surface area contributed by atoms with Crippen LogP contribution in [0.15, 0.2) is 78.9 Å². The van der Waals surface area contributed by atoms with Crippen molar-refractivity contribution in [2.24, 2.45) is 0 Å². The van der Waals surface area contributed by atoms with Gasteiger partial charge in [-0.25, -0.2) is 4.79 Å². The molecule has 222 valence electrons. The molecule has 1 atom stereocenters. The molecule has 0 fully saturated rings. The molecule has 8 heteroatoms. The van der Waals surface area contributed by atoms with Gasteiger partial charge in [0.15, 0.2) is 6.04 Å². The monoisotopic (exact) mass is 692 g/mol. The molecule has 0 aromatic heterocycles. The number of likely N-dealkylation sites (N-methyl/N-ethyl adjacent to an activating group) is 1. The van der Waals surface area contributed by atoms with Crippen LogP contribution in [0.25, 0.3) is 0 Å². The Bertz CT molecular complexity index is 1200. The first-order valence-corrected chi connectivity index (χ1v) is 14.4. The van der Waals surface area contributed by atoms with Crippen LogP contribution >= 0.6 is 11.6 Å². The van der Waals surface area contributed by atoms with Gasteiger partial charge in [0.05, 0.1) is 33.3 Å². The zero-order chi connectivity index (χ0) is 28.8. The van der Waals surface area contributed by atoms with E-state index in [0.717, 1.165) is 57.2 Å². The number of nitrogens with zero attached hydrogens (tertiary/aromatic N) is 1. The molecule has 3 aromatic rings. The predicted molar refractivity (Wildman–Crippen MR) is 161 cm³/mol. The molecule has 0 heterocycles. The minimum Gasteiger partial charge on any atom is -1.00 e. The summed E-state index contributed by atoms with van der Waals surface area (Å²) < 4.78 is 11.8. The number of hydrogen-bond donors (Lipinski definition) is 1. The summed E-state index contributed by atoms with van der Waals surface area (Å²) in [7, 11) is 6.23. The summed E-state index contributed by atoms with van der Waals surface area (Å²) in [4.78, 5) is 25.1. The summed E-state index contributed by atoms with van der Waals surface area (Å²) in [6, 6.07) is 23.8. The normalized spacial score (nSPS) is 11.7. The van der Waals surface area contributed by atoms with Crippen molar-refractivity contribution < 1.29 is 47.5 Å². The van der Waals surface area contributed by atoms with Crippen LogP contribution in [0.5, 0.6) is 11.5 Å². The SMILES string of the molecule is C[N+](C)(C)C(Cc1ccccc1)C(=O)NCCCCCCCCOc1ccc(OC(=O)c2cccc(Cl)c2)cc1.[I-]. The van der Waals surface area contributed by atoms with E-state index in [0.29, 0.717) is 27.4 Å². The molecule has 0 aliphatic heterocycles. The summed E-state index contributed by atoms with van der Waals surface area (Å²) >= 11 is 5.94. The van der Waals surface area contributed by atoms with E-state index in [4.69, 9.17) is 21.1 Å². The van der Waals surface area contributed by atoms with E-state index in [1.54, 1.807) is 48.5 Å². The Morgan fingerprint density at radius 2 is 1.44 bits per heavy atom. The fraction of sp³-hybridized carbons (Fsp3) is 0.394. The second-order valence-corrected chi connectivity index (χ2v) is 11.4. The Kier molecular flexibility index (Phi) is 15.2. The maximum atomic E-state index is 12.9. The van der Waals surface area contributed by atoms with Gasteiger partial charge in [0.1, 0.15) is 11.5 Å². The average Bonchev–Trinajstić information content (AvgIpc) is 2.93. The van der Waals surface area contributed by atoms with E-state index in [1.807, 2.05) is 18.2 Å². The van der Waals surface area contributed by atoms with Gasteiger partial charge in [0.2, 0.25) is 0 Å². The molecular formula is C33H42ClIN2O4. The third-order valence-electron chi connectivity index (χ3n) is 6.74. The molecule has 0 aliphatic carbocycles. The molecule has 0 saturated carbocycles. The minimum absolute atomic E-state index is 0. The molecule has 0 saturated heterocycles. The molecule has 1 amide bonds. The number of rotatable bonds is 16. The van der Waals surface area contributed by atoms with Crippen molar-refractivity contribution in [3.05, 3.63) is 95.0 Å². The van der Waals surface area contributed by atoms with Gasteiger partial charge in [-0.15, -0.1) is 0 Å². The van der Waals surface area contributed by atoms with Crippen molar-refractivity contribution in [3.8, 4) is 11.5 Å². The van der Waals surface area contributed by atoms with E-state index >= 15 is 0 Å². The fourth-order valence-electron chi connectivity index (χ4n) is 4.39. The van der Waals surface area contributed by atoms with Gasteiger partial charge in [-0.1, -0.05) is 73.7 Å². The van der Waals surface area contributed by atoms with Gasteiger partial charge in [0, 0.05) is 18.0 Å². The van der Waals surface area contributed by atoms with Crippen LogP contribution in [-0.2, 0) is 11.2 Å². The summed E-state index contributed by atoms with van der Waals surface area (Å²) in [5.41, 5.74) is 1.59. The lowest BCUT2D eigenvalue weighted by molar-refractivity contribution is -0.886. The number of esters is 1. The van der Waals surface area contributed by atoms with E-state index < -0.39 is 5.97 Å². The molecule has 0 bridgehead atoms. The van der Waals surface area contributed by atoms with Crippen molar-refractivity contribution in [2.45, 2.75) is 51.0 Å². The zero-order valence-electron chi connectivity index (χ0n) is 24.3. The largest absolute Gasteiger partial charge is 1.00 e. The molecule has 0 radical (unpaired) electrons. The fourth-order valence-corrected chi connectivity index (χ4v) is 4.58. The van der Waals surface area contributed by atoms with E-state index in [2.05, 4.69) is 38.6 Å². The van der Waals surface area contributed by atoms with Crippen LogP contribution in [0, 0.1) is 0 Å². The number of amides is 1. The smallest absolute Gasteiger partial charge is 0.343 e. The van der Waals surface area contributed by atoms with Crippen LogP contribution in [0.3, 0.4) is 0 Å². The topological polar surface area (TPSA) is 64.6 Å². The van der Waals surface area contributed by atoms with E-state index in [9.17, 15) is 9.59 Å². The Balaban J connectivity index is 0.00000588. The Labute approximate surface area is 267 Å². The maximum absolute atomic E-state index is 12.9. The van der Waals surface area contributed by atoms with Crippen LogP contribution in [-0.4, -0.2) is 56.7 Å². The third kappa shape index (κ3) is 12.8. The molecule has 1 unspecified atom stereocenters. The number of carbonyl (C=O) groups is 2. The van der Waals surface area contributed by atoms with E-state index in [-0.39, 0.29) is 35.9 Å². The highest BCUT2D eigenvalue weighted by Crippen LogP contribution is 2.20. The van der Waals surface area contributed by atoms with Crippen molar-refractivity contribution in [2.75, 3.05) is 34.3 Å². The lowest BCUT2D eigenvalue weighted by Gasteiger charge is -2.33. The molecule has 1 N–H and O–H groups in total. The molecule has 0 aliphatic rings. The van der Waals surface area contributed by atoms with Crippen LogP contribution in [0.2, 0.25) is 5.02 Å². The average molecular weight is 693 g/mol. The van der Waals surface area contributed by atoms with Crippen molar-refractivity contribution in [1.29, 1.82) is 0 Å².